The van der Waals surface area contributed by atoms with Crippen LogP contribution >= 0.6 is 75.3 Å². The van der Waals surface area contributed by atoms with Gasteiger partial charge >= 0.3 is 0 Å². The first-order valence-electron chi connectivity index (χ1n) is 3.91. The van der Waals surface area contributed by atoms with Crippen LogP contribution in [0.5, 0.6) is 0 Å². The van der Waals surface area contributed by atoms with Gasteiger partial charge in [-0.25, -0.2) is 0 Å². The van der Waals surface area contributed by atoms with Crippen molar-refractivity contribution in [2.75, 3.05) is 5.88 Å². The molecule has 0 amide bonds. The molecule has 0 aliphatic carbocycles. The number of carbonyl (C=O) groups excluding carboxylic acids is 1. The van der Waals surface area contributed by atoms with Gasteiger partial charge in [-0.2, -0.15) is 0 Å². The molecule has 1 atom stereocenters. The SMILES string of the molecule is CC(C)(C(=O)CCl)C(Br)CC(Br)(Br)Br. The van der Waals surface area contributed by atoms with Crippen molar-refractivity contribution in [3.8, 4) is 0 Å². The summed E-state index contributed by atoms with van der Waals surface area (Å²) in [6, 6.07) is 0. The van der Waals surface area contributed by atoms with Gasteiger partial charge in [-0.15, -0.1) is 11.6 Å². The summed E-state index contributed by atoms with van der Waals surface area (Å²) in [6.45, 7) is 3.77. The Morgan fingerprint density at radius 3 is 2.07 bits per heavy atom. The number of ketones is 1. The predicted molar refractivity (Wildman–Crippen MR) is 76.4 cm³/mol. The summed E-state index contributed by atoms with van der Waals surface area (Å²) < 4.78 is -0.342. The standard InChI is InChI=1S/C8H11Br4ClO/c1-7(2,6(14)4-13)5(9)3-8(10,11)12/h5H,3-4H2,1-2H3. The molecule has 6 heteroatoms. The second kappa shape index (κ2) is 5.99. The fraction of sp³-hybridized carbons (Fsp3) is 0.875. The van der Waals surface area contributed by atoms with Crippen LogP contribution < -0.4 is 0 Å². The van der Waals surface area contributed by atoms with Crippen LogP contribution in [0.4, 0.5) is 0 Å². The molecule has 0 radical (unpaired) electrons. The summed E-state index contributed by atoms with van der Waals surface area (Å²) in [5, 5.41) is 0. The quantitative estimate of drug-likeness (QED) is 0.531. The van der Waals surface area contributed by atoms with Gasteiger partial charge < -0.3 is 0 Å². The first kappa shape index (κ1) is 15.9. The summed E-state index contributed by atoms with van der Waals surface area (Å²) in [7, 11) is 0. The van der Waals surface area contributed by atoms with Gasteiger partial charge in [0.05, 0.1) is 5.88 Å². The van der Waals surface area contributed by atoms with Gasteiger partial charge in [-0.1, -0.05) is 77.6 Å². The van der Waals surface area contributed by atoms with Crippen molar-refractivity contribution in [3.05, 3.63) is 0 Å². The van der Waals surface area contributed by atoms with E-state index in [1.807, 2.05) is 13.8 Å². The first-order valence-corrected chi connectivity index (χ1v) is 7.74. The van der Waals surface area contributed by atoms with Crippen LogP contribution in [0.2, 0.25) is 0 Å². The lowest BCUT2D eigenvalue weighted by Gasteiger charge is -2.30. The second-order valence-corrected chi connectivity index (χ2v) is 12.2. The van der Waals surface area contributed by atoms with Gasteiger partial charge in [-0.05, 0) is 6.42 Å². The molecule has 0 aliphatic rings. The minimum Gasteiger partial charge on any atom is -0.298 e. The number of carbonyl (C=O) groups is 1. The van der Waals surface area contributed by atoms with E-state index in [0.717, 1.165) is 0 Å². The molecule has 0 fully saturated rings. The van der Waals surface area contributed by atoms with Crippen LogP contribution in [0, 0.1) is 5.41 Å². The van der Waals surface area contributed by atoms with E-state index in [4.69, 9.17) is 11.6 Å². The summed E-state index contributed by atoms with van der Waals surface area (Å²) in [5.74, 6) is 0.0902. The molecule has 0 rings (SSSR count). The van der Waals surface area contributed by atoms with Crippen LogP contribution in [-0.2, 0) is 4.79 Å². The maximum atomic E-state index is 11.6. The van der Waals surface area contributed by atoms with Gasteiger partial charge in [0.2, 0.25) is 0 Å². The Labute approximate surface area is 123 Å². The van der Waals surface area contributed by atoms with E-state index in [0.29, 0.717) is 6.42 Å². The maximum absolute atomic E-state index is 11.6. The van der Waals surface area contributed by atoms with Crippen molar-refractivity contribution in [3.63, 3.8) is 0 Å². The van der Waals surface area contributed by atoms with Crippen LogP contribution in [0.1, 0.15) is 20.3 Å². The van der Waals surface area contributed by atoms with Crippen molar-refractivity contribution in [2.24, 2.45) is 5.41 Å². The first-order chi connectivity index (χ1) is 6.11. The minimum atomic E-state index is -0.470. The Balaban J connectivity index is 4.51. The fourth-order valence-electron chi connectivity index (χ4n) is 0.805. The van der Waals surface area contributed by atoms with Crippen LogP contribution in [0.25, 0.3) is 0 Å². The average molecular weight is 478 g/mol. The largest absolute Gasteiger partial charge is 0.298 e. The molecule has 0 aromatic carbocycles. The highest BCUT2D eigenvalue weighted by atomic mass is 80.0. The summed E-state index contributed by atoms with van der Waals surface area (Å²) in [6.07, 6.45) is 0.711. The van der Waals surface area contributed by atoms with E-state index < -0.39 is 5.41 Å². The Hall–Kier alpha value is 1.88. The Morgan fingerprint density at radius 1 is 1.36 bits per heavy atom. The molecule has 0 saturated heterocycles. The van der Waals surface area contributed by atoms with E-state index >= 15 is 0 Å². The number of halogens is 5. The molecule has 84 valence electrons. The third kappa shape index (κ3) is 5.28. The normalized spacial score (nSPS) is 15.4. The third-order valence-electron chi connectivity index (χ3n) is 2.03. The van der Waals surface area contributed by atoms with Crippen molar-refractivity contribution in [2.45, 2.75) is 27.2 Å². The number of rotatable bonds is 4. The number of hydrogen-bond donors (Lipinski definition) is 0. The zero-order chi connectivity index (χ0) is 11.6. The highest BCUT2D eigenvalue weighted by Gasteiger charge is 2.37. The molecule has 0 saturated carbocycles. The third-order valence-corrected chi connectivity index (χ3v) is 4.72. The predicted octanol–water partition coefficient (Wildman–Crippen LogP) is 4.81. The van der Waals surface area contributed by atoms with Crippen LogP contribution in [0.3, 0.4) is 0 Å². The monoisotopic (exact) mass is 474 g/mol. The summed E-state index contributed by atoms with van der Waals surface area (Å²) in [4.78, 5) is 11.6. The smallest absolute Gasteiger partial charge is 0.154 e. The average Bonchev–Trinajstić information content (AvgIpc) is 1.99. The lowest BCUT2D eigenvalue weighted by atomic mass is 9.84. The second-order valence-electron chi connectivity index (χ2n) is 3.57. The van der Waals surface area contributed by atoms with Crippen molar-refractivity contribution in [1.82, 2.24) is 0 Å². The van der Waals surface area contributed by atoms with E-state index in [9.17, 15) is 4.79 Å². The van der Waals surface area contributed by atoms with Crippen LogP contribution in [0.15, 0.2) is 0 Å². The van der Waals surface area contributed by atoms with Gasteiger partial charge in [0.15, 0.2) is 5.78 Å². The Bertz CT molecular complexity index is 212. The lowest BCUT2D eigenvalue weighted by molar-refractivity contribution is -0.124. The van der Waals surface area contributed by atoms with Crippen molar-refractivity contribution < 1.29 is 4.79 Å². The molecule has 0 bridgehead atoms. The van der Waals surface area contributed by atoms with E-state index in [1.54, 1.807) is 0 Å². The molecule has 0 aromatic heterocycles. The molecule has 1 nitrogen and oxygen atoms in total. The highest BCUT2D eigenvalue weighted by Crippen LogP contribution is 2.44. The van der Waals surface area contributed by atoms with E-state index in [2.05, 4.69) is 63.7 Å². The molecular weight excluding hydrogens is 467 g/mol. The summed E-state index contributed by atoms with van der Waals surface area (Å²) >= 11 is 19.3. The number of alkyl halides is 5. The zero-order valence-electron chi connectivity index (χ0n) is 7.79. The fourth-order valence-corrected chi connectivity index (χ4v) is 4.17. The number of hydrogen-bond acceptors (Lipinski definition) is 1. The molecule has 0 heterocycles. The zero-order valence-corrected chi connectivity index (χ0v) is 14.9. The van der Waals surface area contributed by atoms with Crippen molar-refractivity contribution >= 4 is 81.1 Å². The van der Waals surface area contributed by atoms with Gasteiger partial charge in [0, 0.05) is 10.2 Å². The van der Waals surface area contributed by atoms with Gasteiger partial charge in [-0.3, -0.25) is 4.79 Å². The Kier molecular flexibility index (Phi) is 6.79. The minimum absolute atomic E-state index is 0.0396. The topological polar surface area (TPSA) is 17.1 Å². The van der Waals surface area contributed by atoms with E-state index in [-0.39, 0.29) is 18.6 Å². The van der Waals surface area contributed by atoms with Crippen molar-refractivity contribution in [1.29, 1.82) is 0 Å². The van der Waals surface area contributed by atoms with E-state index in [1.165, 1.54) is 0 Å². The maximum Gasteiger partial charge on any atom is 0.154 e. The molecule has 0 N–H and O–H groups in total. The molecular formula is C8H11Br4ClO. The van der Waals surface area contributed by atoms with Gasteiger partial charge in [0.1, 0.15) is 2.14 Å². The van der Waals surface area contributed by atoms with Gasteiger partial charge in [0.25, 0.3) is 0 Å². The van der Waals surface area contributed by atoms with Crippen LogP contribution in [-0.4, -0.2) is 18.6 Å². The molecule has 0 spiro atoms. The molecule has 0 aliphatic heterocycles. The Morgan fingerprint density at radius 2 is 1.79 bits per heavy atom. The summed E-state index contributed by atoms with van der Waals surface area (Å²) in [5.41, 5.74) is -0.470. The molecule has 14 heavy (non-hydrogen) atoms. The highest BCUT2D eigenvalue weighted by molar-refractivity contribution is 9.39. The number of Topliss-reactive ketones (excluding diaryl/α,β-unsaturated/α-hetero) is 1. The lowest BCUT2D eigenvalue weighted by Crippen LogP contribution is -2.36. The molecule has 0 aromatic rings. The molecule has 1 unspecified atom stereocenters.